The van der Waals surface area contributed by atoms with Gasteiger partial charge < -0.3 is 10.5 Å². The predicted molar refractivity (Wildman–Crippen MR) is 48.0 cm³/mol. The molecule has 0 unspecified atom stereocenters. The summed E-state index contributed by atoms with van der Waals surface area (Å²) in [7, 11) is 0. The van der Waals surface area contributed by atoms with Crippen molar-refractivity contribution in [1.29, 1.82) is 0 Å². The molecule has 3 nitrogen and oxygen atoms in total. The van der Waals surface area contributed by atoms with E-state index >= 15 is 0 Å². The Hall–Kier alpha value is -0.800. The number of alkyl halides is 3. The van der Waals surface area contributed by atoms with Crippen LogP contribution >= 0.6 is 22.6 Å². The van der Waals surface area contributed by atoms with Crippen LogP contribution in [-0.4, -0.2) is 11.3 Å². The van der Waals surface area contributed by atoms with Crippen molar-refractivity contribution in [2.75, 3.05) is 5.73 Å². The van der Waals surface area contributed by atoms with Gasteiger partial charge >= 0.3 is 6.36 Å². The normalized spacial score (nSPS) is 11.5. The molecular formula is C6H3F4IN2O. The summed E-state index contributed by atoms with van der Waals surface area (Å²) in [6.45, 7) is 0. The highest BCUT2D eigenvalue weighted by atomic mass is 127. The Morgan fingerprint density at radius 3 is 2.50 bits per heavy atom. The molecule has 0 saturated heterocycles. The summed E-state index contributed by atoms with van der Waals surface area (Å²) >= 11 is 1.41. The number of nitrogens with two attached hydrogens (primary N) is 1. The highest BCUT2D eigenvalue weighted by Gasteiger charge is 2.32. The number of halogens is 5. The molecule has 2 N–H and O–H groups in total. The summed E-state index contributed by atoms with van der Waals surface area (Å²) in [5.41, 5.74) is 4.52. The van der Waals surface area contributed by atoms with Crippen LogP contribution in [0.4, 0.5) is 23.2 Å². The van der Waals surface area contributed by atoms with Crippen LogP contribution in [0, 0.1) is 9.65 Å². The molecule has 0 spiro atoms. The molecule has 14 heavy (non-hydrogen) atoms. The monoisotopic (exact) mass is 322 g/mol. The third-order valence-corrected chi connectivity index (χ3v) is 1.92. The van der Waals surface area contributed by atoms with Crippen molar-refractivity contribution in [2.45, 2.75) is 6.36 Å². The van der Waals surface area contributed by atoms with Crippen LogP contribution < -0.4 is 10.5 Å². The van der Waals surface area contributed by atoms with Crippen molar-refractivity contribution in [3.63, 3.8) is 0 Å². The SMILES string of the molecule is Nc1cc(OC(F)(F)F)c(I)nc1F. The summed E-state index contributed by atoms with van der Waals surface area (Å²) in [4.78, 5) is 3.13. The Morgan fingerprint density at radius 2 is 2.00 bits per heavy atom. The summed E-state index contributed by atoms with van der Waals surface area (Å²) in [6, 6.07) is 0.734. The van der Waals surface area contributed by atoms with Gasteiger partial charge in [0.15, 0.2) is 5.75 Å². The molecular weight excluding hydrogens is 319 g/mol. The lowest BCUT2D eigenvalue weighted by Gasteiger charge is -2.10. The van der Waals surface area contributed by atoms with E-state index in [4.69, 9.17) is 5.73 Å². The second kappa shape index (κ2) is 3.75. The maximum absolute atomic E-state index is 12.6. The summed E-state index contributed by atoms with van der Waals surface area (Å²) in [5, 5.41) is 0. The highest BCUT2D eigenvalue weighted by Crippen LogP contribution is 2.28. The Morgan fingerprint density at radius 1 is 1.43 bits per heavy atom. The number of aromatic nitrogens is 1. The number of ether oxygens (including phenoxy) is 1. The number of hydrogen-bond acceptors (Lipinski definition) is 3. The topological polar surface area (TPSA) is 48.1 Å². The molecule has 0 aliphatic rings. The van der Waals surface area contributed by atoms with Gasteiger partial charge in [0, 0.05) is 6.07 Å². The molecule has 0 aliphatic carbocycles. The van der Waals surface area contributed by atoms with Gasteiger partial charge in [-0.15, -0.1) is 13.2 Å². The van der Waals surface area contributed by atoms with Crippen molar-refractivity contribution < 1.29 is 22.3 Å². The molecule has 1 heterocycles. The average Bonchev–Trinajstić information content (AvgIpc) is 1.97. The molecule has 1 aromatic rings. The molecule has 1 aromatic heterocycles. The van der Waals surface area contributed by atoms with E-state index in [9.17, 15) is 17.6 Å². The first-order valence-electron chi connectivity index (χ1n) is 3.17. The third kappa shape index (κ3) is 2.86. The highest BCUT2D eigenvalue weighted by molar-refractivity contribution is 14.1. The first-order chi connectivity index (χ1) is 6.29. The van der Waals surface area contributed by atoms with Crippen molar-refractivity contribution in [3.8, 4) is 5.75 Å². The molecule has 0 saturated carbocycles. The zero-order valence-electron chi connectivity index (χ0n) is 6.40. The van der Waals surface area contributed by atoms with Crippen LogP contribution in [0.3, 0.4) is 0 Å². The van der Waals surface area contributed by atoms with Gasteiger partial charge in [-0.25, -0.2) is 4.98 Å². The molecule has 0 fully saturated rings. The van der Waals surface area contributed by atoms with Gasteiger partial charge in [0.1, 0.15) is 3.70 Å². The van der Waals surface area contributed by atoms with Crippen molar-refractivity contribution in [3.05, 3.63) is 15.7 Å². The van der Waals surface area contributed by atoms with E-state index in [1.54, 1.807) is 0 Å². The predicted octanol–water partition coefficient (Wildman–Crippen LogP) is 2.31. The standard InChI is InChI=1S/C6H3F4IN2O/c7-4-2(12)1-3(5(11)13-4)14-6(8,9)10/h1H,12H2. The molecule has 0 atom stereocenters. The minimum atomic E-state index is -4.84. The summed E-state index contributed by atoms with van der Waals surface area (Å²) < 4.78 is 51.2. The molecule has 78 valence electrons. The lowest BCUT2D eigenvalue weighted by Crippen LogP contribution is -2.18. The smallest absolute Gasteiger partial charge is 0.403 e. The Kier molecular flexibility index (Phi) is 3.02. The van der Waals surface area contributed by atoms with Crippen LogP contribution in [0.1, 0.15) is 0 Å². The first kappa shape index (κ1) is 11.3. The molecule has 0 amide bonds. The van der Waals surface area contributed by atoms with Gasteiger partial charge in [0.2, 0.25) is 5.95 Å². The van der Waals surface area contributed by atoms with Gasteiger partial charge in [-0.3, -0.25) is 0 Å². The number of nitrogens with zero attached hydrogens (tertiary/aromatic N) is 1. The number of rotatable bonds is 1. The van der Waals surface area contributed by atoms with E-state index in [0.29, 0.717) is 0 Å². The number of hydrogen-bond donors (Lipinski definition) is 1. The van der Waals surface area contributed by atoms with Crippen molar-refractivity contribution in [2.24, 2.45) is 0 Å². The fourth-order valence-corrected chi connectivity index (χ4v) is 1.14. The maximum atomic E-state index is 12.6. The average molecular weight is 322 g/mol. The Bertz CT molecular complexity index is 354. The van der Waals surface area contributed by atoms with Gasteiger partial charge in [-0.2, -0.15) is 4.39 Å². The zero-order valence-corrected chi connectivity index (χ0v) is 8.56. The molecule has 0 aliphatic heterocycles. The minimum absolute atomic E-state index is 0.244. The van der Waals surface area contributed by atoms with E-state index in [0.717, 1.165) is 6.07 Å². The van der Waals surface area contributed by atoms with E-state index in [-0.39, 0.29) is 3.70 Å². The molecule has 0 aromatic carbocycles. The molecule has 8 heteroatoms. The van der Waals surface area contributed by atoms with Crippen molar-refractivity contribution in [1.82, 2.24) is 4.98 Å². The fourth-order valence-electron chi connectivity index (χ4n) is 0.662. The summed E-state index contributed by atoms with van der Waals surface area (Å²) in [6.07, 6.45) is -4.84. The lowest BCUT2D eigenvalue weighted by atomic mass is 10.4. The molecule has 0 bridgehead atoms. The van der Waals surface area contributed by atoms with E-state index in [1.807, 2.05) is 0 Å². The van der Waals surface area contributed by atoms with Gasteiger partial charge in [0.05, 0.1) is 5.69 Å². The second-order valence-corrected chi connectivity index (χ2v) is 3.23. The largest absolute Gasteiger partial charge is 0.573 e. The van der Waals surface area contributed by atoms with Crippen LogP contribution in [0.25, 0.3) is 0 Å². The van der Waals surface area contributed by atoms with Gasteiger partial charge in [0.25, 0.3) is 0 Å². The first-order valence-corrected chi connectivity index (χ1v) is 4.25. The van der Waals surface area contributed by atoms with E-state index < -0.39 is 23.7 Å². The second-order valence-electron chi connectivity index (χ2n) is 2.21. The van der Waals surface area contributed by atoms with Gasteiger partial charge in [-0.05, 0) is 22.6 Å². The Balaban J connectivity index is 3.04. The minimum Gasteiger partial charge on any atom is -0.403 e. The van der Waals surface area contributed by atoms with Crippen molar-refractivity contribution >= 4 is 28.3 Å². The maximum Gasteiger partial charge on any atom is 0.573 e. The van der Waals surface area contributed by atoms with Crippen LogP contribution in [0.2, 0.25) is 0 Å². The number of pyridine rings is 1. The van der Waals surface area contributed by atoms with E-state index in [2.05, 4.69) is 9.72 Å². The quantitative estimate of drug-likeness (QED) is 0.490. The van der Waals surface area contributed by atoms with Gasteiger partial charge in [-0.1, -0.05) is 0 Å². The van der Waals surface area contributed by atoms with Crippen LogP contribution in [0.15, 0.2) is 6.07 Å². The van der Waals surface area contributed by atoms with E-state index in [1.165, 1.54) is 22.6 Å². The zero-order chi connectivity index (χ0) is 10.9. The van der Waals surface area contributed by atoms with Crippen LogP contribution in [0.5, 0.6) is 5.75 Å². The number of anilines is 1. The molecule has 0 radical (unpaired) electrons. The lowest BCUT2D eigenvalue weighted by molar-refractivity contribution is -0.275. The molecule has 1 rings (SSSR count). The number of nitrogen functional groups attached to an aromatic ring is 1. The fraction of sp³-hybridized carbons (Fsp3) is 0.167. The third-order valence-electron chi connectivity index (χ3n) is 1.15. The summed E-state index contributed by atoms with van der Waals surface area (Å²) in [5.74, 6) is -1.64. The van der Waals surface area contributed by atoms with Crippen LogP contribution in [-0.2, 0) is 0 Å². The Labute approximate surface area is 89.4 Å².